The first-order chi connectivity index (χ1) is 7.84. The molecule has 6 nitrogen and oxygen atoms in total. The molecule has 0 saturated carbocycles. The first-order valence-corrected chi connectivity index (χ1v) is 3.68. The van der Waals surface area contributed by atoms with Crippen molar-refractivity contribution in [3.05, 3.63) is 18.2 Å². The van der Waals surface area contributed by atoms with E-state index in [-0.39, 0.29) is 16.8 Å². The first-order valence-electron chi connectivity index (χ1n) is 3.68. The molecule has 0 aliphatic rings. The van der Waals surface area contributed by atoms with Gasteiger partial charge in [0.15, 0.2) is 0 Å². The second kappa shape index (κ2) is 36.6. The molecule has 1 heterocycles. The standard InChI is InChI=1S/C6H10N2.4CO.Co/c1-3-6-7-4-5-8(6)2;4*1-2;/h4-5H,3H2,1-2H3;;;;;/q;;;;;+2/p+1. The Morgan fingerprint density at radius 2 is 1.41 bits per heavy atom. The van der Waals surface area contributed by atoms with E-state index in [9.17, 15) is 0 Å². The molecule has 7 heteroatoms. The molecule has 1 aromatic rings. The van der Waals surface area contributed by atoms with E-state index in [0.29, 0.717) is 0 Å². The third kappa shape index (κ3) is 20.5. The Morgan fingerprint density at radius 1 is 1.06 bits per heavy atom. The van der Waals surface area contributed by atoms with Crippen LogP contribution in [0, 0.1) is 0 Å². The van der Waals surface area contributed by atoms with E-state index in [2.05, 4.69) is 43.6 Å². The summed E-state index contributed by atoms with van der Waals surface area (Å²) in [5.41, 5.74) is 0. The minimum atomic E-state index is 0. The van der Waals surface area contributed by atoms with E-state index in [1.54, 1.807) is 0 Å². The summed E-state index contributed by atoms with van der Waals surface area (Å²) in [4.78, 5) is 33.1. The van der Waals surface area contributed by atoms with Gasteiger partial charge >= 0.3 is 16.8 Å². The maximum absolute atomic E-state index is 7.50. The monoisotopic (exact) mass is 282 g/mol. The van der Waals surface area contributed by atoms with E-state index >= 15 is 0 Å². The molecule has 1 aromatic heterocycles. The number of hydrogen-bond acceptors (Lipinski definition) is 4. The van der Waals surface area contributed by atoms with Gasteiger partial charge in [-0.1, -0.05) is 6.92 Å². The van der Waals surface area contributed by atoms with Crippen LogP contribution in [0.5, 0.6) is 0 Å². The topological polar surface area (TPSA) is 87.9 Å². The summed E-state index contributed by atoms with van der Waals surface area (Å²) >= 11 is 0. The normalized spacial score (nSPS) is 5.53. The minimum absolute atomic E-state index is 0. The number of aromatic nitrogens is 2. The molecule has 1 rings (SSSR count). The predicted octanol–water partition coefficient (Wildman–Crippen LogP) is -1.19. The molecule has 0 saturated heterocycles. The van der Waals surface area contributed by atoms with E-state index in [1.807, 2.05) is 19.4 Å². The number of H-pyrrole nitrogens is 1. The number of nitrogens with zero attached hydrogens (tertiary/aromatic N) is 1. The third-order valence-electron chi connectivity index (χ3n) is 1.31. The first kappa shape index (κ1) is 29.5. The summed E-state index contributed by atoms with van der Waals surface area (Å²) < 4.78 is 2.08. The van der Waals surface area contributed by atoms with Crippen molar-refractivity contribution in [2.45, 2.75) is 13.3 Å². The summed E-state index contributed by atoms with van der Waals surface area (Å²) in [5, 5.41) is 0. The molecule has 17 heavy (non-hydrogen) atoms. The molecule has 0 amide bonds. The second-order valence-corrected chi connectivity index (χ2v) is 1.87. The zero-order valence-electron chi connectivity index (χ0n) is 9.28. The van der Waals surface area contributed by atoms with Gasteiger partial charge in [0, 0.05) is 6.42 Å². The van der Waals surface area contributed by atoms with Crippen LogP contribution in [-0.2, 0) is 49.4 Å². The molecule has 0 atom stereocenters. The van der Waals surface area contributed by atoms with Gasteiger partial charge in [0.2, 0.25) is 0 Å². The van der Waals surface area contributed by atoms with Crippen molar-refractivity contribution in [3.8, 4) is 0 Å². The Morgan fingerprint density at radius 3 is 1.53 bits per heavy atom. The number of aryl methyl sites for hydroxylation is 2. The quantitative estimate of drug-likeness (QED) is 0.656. The largest absolute Gasteiger partial charge is 2.00 e. The van der Waals surface area contributed by atoms with Gasteiger partial charge in [-0.2, -0.15) is 0 Å². The van der Waals surface area contributed by atoms with Gasteiger partial charge in [-0.05, 0) is 0 Å². The molecular formula is C10H11CoN2O4+3. The van der Waals surface area contributed by atoms with E-state index in [1.165, 1.54) is 5.82 Å². The number of rotatable bonds is 1. The van der Waals surface area contributed by atoms with Crippen LogP contribution in [0.15, 0.2) is 12.4 Å². The summed E-state index contributed by atoms with van der Waals surface area (Å²) in [7, 11) is 2.04. The molecular weight excluding hydrogens is 271 g/mol. The van der Waals surface area contributed by atoms with Gasteiger partial charge < -0.3 is 0 Å². The number of aromatic amines is 1. The van der Waals surface area contributed by atoms with E-state index in [4.69, 9.17) is 19.2 Å². The number of nitrogens with one attached hydrogen (secondary N) is 1. The molecule has 0 fully saturated rings. The summed E-state index contributed by atoms with van der Waals surface area (Å²) in [6, 6.07) is 0. The van der Waals surface area contributed by atoms with Crippen LogP contribution in [0.2, 0.25) is 0 Å². The Kier molecular flexibility index (Phi) is 63.6. The fraction of sp³-hybridized carbons (Fsp3) is 0.300. The van der Waals surface area contributed by atoms with Crippen LogP contribution in [0.25, 0.3) is 0 Å². The zero-order valence-corrected chi connectivity index (χ0v) is 10.3. The van der Waals surface area contributed by atoms with Crippen molar-refractivity contribution in [3.63, 3.8) is 0 Å². The van der Waals surface area contributed by atoms with Crippen LogP contribution in [0.3, 0.4) is 0 Å². The van der Waals surface area contributed by atoms with Gasteiger partial charge in [0.25, 0.3) is 33.0 Å². The Hall–Kier alpha value is -1.60. The van der Waals surface area contributed by atoms with Crippen molar-refractivity contribution in [1.29, 1.82) is 0 Å². The molecule has 9 radical (unpaired) electrons. The van der Waals surface area contributed by atoms with Crippen molar-refractivity contribution in [2.24, 2.45) is 7.05 Å². The smallest absolute Gasteiger partial charge is 0.281 e. The third-order valence-corrected chi connectivity index (χ3v) is 1.31. The Bertz CT molecular complexity index is 226. The Labute approximate surface area is 112 Å². The van der Waals surface area contributed by atoms with Crippen LogP contribution >= 0.6 is 0 Å². The SMILES string of the molecule is CCc1[nH]cc[n+]1C.[C]=O.[C]=O.[C]=O.[C]=O.[Co+2]. The molecule has 0 aliphatic heterocycles. The van der Waals surface area contributed by atoms with E-state index < -0.39 is 0 Å². The molecule has 0 aliphatic carbocycles. The van der Waals surface area contributed by atoms with Gasteiger partial charge in [-0.25, -0.2) is 9.55 Å². The number of imidazole rings is 1. The zero-order chi connectivity index (χ0) is 14.0. The minimum Gasteiger partial charge on any atom is -0.281 e. The van der Waals surface area contributed by atoms with Gasteiger partial charge in [0.05, 0.1) is 7.05 Å². The molecule has 0 unspecified atom stereocenters. The van der Waals surface area contributed by atoms with Crippen molar-refractivity contribution in [1.82, 2.24) is 4.98 Å². The molecule has 0 spiro atoms. The fourth-order valence-corrected chi connectivity index (χ4v) is 0.789. The molecule has 1 N–H and O–H groups in total. The summed E-state index contributed by atoms with van der Waals surface area (Å²) in [6.45, 7) is 20.1. The van der Waals surface area contributed by atoms with Gasteiger partial charge in [-0.3, -0.25) is 19.2 Å². The maximum Gasteiger partial charge on any atom is 2.00 e. The van der Waals surface area contributed by atoms with Crippen molar-refractivity contribution >= 4 is 27.2 Å². The molecule has 91 valence electrons. The van der Waals surface area contributed by atoms with Gasteiger partial charge in [-0.15, -0.1) is 0 Å². The van der Waals surface area contributed by atoms with Crippen LogP contribution in [0.1, 0.15) is 12.7 Å². The van der Waals surface area contributed by atoms with Crippen molar-refractivity contribution in [2.75, 3.05) is 0 Å². The number of carbonyl (C=O) groups excluding carboxylic acids is 4. The summed E-state index contributed by atoms with van der Waals surface area (Å²) in [6.07, 6.45) is 5.03. The van der Waals surface area contributed by atoms with E-state index in [0.717, 1.165) is 6.42 Å². The van der Waals surface area contributed by atoms with Gasteiger partial charge in [0.1, 0.15) is 12.4 Å². The average molecular weight is 282 g/mol. The predicted molar refractivity (Wildman–Crippen MR) is 54.1 cm³/mol. The number of hydrogen-bond donors (Lipinski definition) is 1. The fourth-order valence-electron chi connectivity index (χ4n) is 0.789. The van der Waals surface area contributed by atoms with Crippen LogP contribution in [0.4, 0.5) is 0 Å². The molecule has 0 bridgehead atoms. The summed E-state index contributed by atoms with van der Waals surface area (Å²) in [5.74, 6) is 1.27. The average Bonchev–Trinajstić information content (AvgIpc) is 2.84. The van der Waals surface area contributed by atoms with Crippen LogP contribution < -0.4 is 4.57 Å². The van der Waals surface area contributed by atoms with Crippen molar-refractivity contribution < 1.29 is 40.5 Å². The Balaban J connectivity index is -0.0000000462. The van der Waals surface area contributed by atoms with Crippen LogP contribution in [-0.4, -0.2) is 32.1 Å². The second-order valence-electron chi connectivity index (χ2n) is 1.87. The molecule has 0 aromatic carbocycles. The maximum atomic E-state index is 7.50.